The second-order valence-electron chi connectivity index (χ2n) is 4.77. The fourth-order valence-electron chi connectivity index (χ4n) is 2.58. The van der Waals surface area contributed by atoms with Crippen LogP contribution in [0, 0.1) is 0 Å². The third kappa shape index (κ3) is 1.97. The van der Waals surface area contributed by atoms with Gasteiger partial charge in [-0.1, -0.05) is 18.0 Å². The maximum absolute atomic E-state index is 12.3. The Morgan fingerprint density at radius 2 is 2.30 bits per heavy atom. The predicted octanol–water partition coefficient (Wildman–Crippen LogP) is 1.23. The zero-order valence-corrected chi connectivity index (χ0v) is 11.1. The van der Waals surface area contributed by atoms with Gasteiger partial charge in [-0.15, -0.1) is 0 Å². The molecule has 0 bridgehead atoms. The minimum atomic E-state index is -0.804. The summed E-state index contributed by atoms with van der Waals surface area (Å²) in [5.41, 5.74) is -0.804. The highest BCUT2D eigenvalue weighted by Crippen LogP contribution is 2.41. The number of nitrogens with zero attached hydrogens (tertiary/aromatic N) is 4. The monoisotopic (exact) mass is 277 g/mol. The molecule has 20 heavy (non-hydrogen) atoms. The third-order valence-electron chi connectivity index (χ3n) is 3.59. The van der Waals surface area contributed by atoms with Crippen LogP contribution < -0.4 is 0 Å². The minimum Gasteiger partial charge on any atom is -0.465 e. The van der Waals surface area contributed by atoms with Gasteiger partial charge in [-0.05, 0) is 19.8 Å². The van der Waals surface area contributed by atoms with E-state index in [4.69, 9.17) is 9.26 Å². The smallest absolute Gasteiger partial charge is 0.321 e. The van der Waals surface area contributed by atoms with Crippen molar-refractivity contribution in [2.45, 2.75) is 38.0 Å². The van der Waals surface area contributed by atoms with Crippen molar-refractivity contribution in [1.29, 1.82) is 0 Å². The van der Waals surface area contributed by atoms with Crippen LogP contribution in [0.3, 0.4) is 0 Å². The summed E-state index contributed by atoms with van der Waals surface area (Å²) in [6, 6.07) is 0. The lowest BCUT2D eigenvalue weighted by Gasteiger charge is -2.21. The molecule has 2 aromatic heterocycles. The lowest BCUT2D eigenvalue weighted by atomic mass is 9.86. The van der Waals surface area contributed by atoms with E-state index >= 15 is 0 Å². The summed E-state index contributed by atoms with van der Waals surface area (Å²) < 4.78 is 10.5. The Morgan fingerprint density at radius 3 is 2.95 bits per heavy atom. The number of nitrogens with one attached hydrogen (secondary N) is 1. The summed E-state index contributed by atoms with van der Waals surface area (Å²) >= 11 is 0. The molecule has 8 nitrogen and oxygen atoms in total. The number of esters is 1. The van der Waals surface area contributed by atoms with Gasteiger partial charge in [-0.2, -0.15) is 10.1 Å². The molecule has 0 radical (unpaired) electrons. The van der Waals surface area contributed by atoms with Crippen molar-refractivity contribution in [2.24, 2.45) is 0 Å². The molecule has 0 amide bonds. The average molecular weight is 277 g/mol. The fraction of sp³-hybridized carbons (Fsp3) is 0.583. The van der Waals surface area contributed by atoms with Crippen LogP contribution in [-0.4, -0.2) is 37.9 Å². The van der Waals surface area contributed by atoms with Crippen molar-refractivity contribution in [3.63, 3.8) is 0 Å². The number of hydrogen-bond donors (Lipinski definition) is 1. The highest BCUT2D eigenvalue weighted by molar-refractivity contribution is 5.82. The van der Waals surface area contributed by atoms with E-state index in [9.17, 15) is 4.79 Å². The van der Waals surface area contributed by atoms with Crippen LogP contribution in [0.2, 0.25) is 0 Å². The number of carbonyl (C=O) groups excluding carboxylic acids is 1. The summed E-state index contributed by atoms with van der Waals surface area (Å²) in [7, 11) is 0. The number of rotatable bonds is 4. The first-order chi connectivity index (χ1) is 9.76. The Kier molecular flexibility index (Phi) is 3.21. The van der Waals surface area contributed by atoms with Crippen LogP contribution >= 0.6 is 0 Å². The molecule has 106 valence electrons. The lowest BCUT2D eigenvalue weighted by Crippen LogP contribution is -2.35. The first-order valence-electron chi connectivity index (χ1n) is 6.63. The van der Waals surface area contributed by atoms with E-state index in [0.717, 1.165) is 12.8 Å². The van der Waals surface area contributed by atoms with E-state index in [1.807, 2.05) is 0 Å². The number of aromatic amines is 1. The zero-order valence-electron chi connectivity index (χ0n) is 11.1. The van der Waals surface area contributed by atoms with Gasteiger partial charge in [0.25, 0.3) is 0 Å². The average Bonchev–Trinajstić information content (AvgIpc) is 3.19. The van der Waals surface area contributed by atoms with Gasteiger partial charge in [0.05, 0.1) is 6.61 Å². The molecule has 0 atom stereocenters. The molecule has 3 rings (SSSR count). The summed E-state index contributed by atoms with van der Waals surface area (Å²) in [5, 5.41) is 10.3. The molecule has 0 aliphatic heterocycles. The molecule has 2 aromatic rings. The van der Waals surface area contributed by atoms with Gasteiger partial charge < -0.3 is 9.26 Å². The van der Waals surface area contributed by atoms with Crippen LogP contribution in [-0.2, 0) is 14.9 Å². The molecule has 1 saturated carbocycles. The quantitative estimate of drug-likeness (QED) is 0.837. The van der Waals surface area contributed by atoms with Crippen LogP contribution in [0.1, 0.15) is 38.5 Å². The van der Waals surface area contributed by atoms with Gasteiger partial charge in [-0.3, -0.25) is 9.89 Å². The molecule has 2 heterocycles. The maximum Gasteiger partial charge on any atom is 0.321 e. The molecule has 1 fully saturated rings. The topological polar surface area (TPSA) is 107 Å². The first-order valence-corrected chi connectivity index (χ1v) is 6.63. The number of aromatic nitrogens is 5. The van der Waals surface area contributed by atoms with Gasteiger partial charge in [0, 0.05) is 0 Å². The highest BCUT2D eigenvalue weighted by Gasteiger charge is 2.49. The van der Waals surface area contributed by atoms with E-state index in [1.165, 1.54) is 6.33 Å². The fourth-order valence-corrected chi connectivity index (χ4v) is 2.58. The highest BCUT2D eigenvalue weighted by atomic mass is 16.5. The van der Waals surface area contributed by atoms with Crippen molar-refractivity contribution in [1.82, 2.24) is 25.3 Å². The molecule has 0 spiro atoms. The van der Waals surface area contributed by atoms with Crippen molar-refractivity contribution in [2.75, 3.05) is 6.61 Å². The molecule has 1 aliphatic rings. The molecule has 0 unspecified atom stereocenters. The SMILES string of the molecule is CCOC(=O)C1(c2nc(-c3ncn[nH]3)no2)CCCC1. The second kappa shape index (κ2) is 5.03. The third-order valence-corrected chi connectivity index (χ3v) is 3.59. The predicted molar refractivity (Wildman–Crippen MR) is 66.5 cm³/mol. The molecule has 0 aromatic carbocycles. The Balaban J connectivity index is 1.94. The lowest BCUT2D eigenvalue weighted by molar-refractivity contribution is -0.151. The van der Waals surface area contributed by atoms with E-state index in [2.05, 4.69) is 25.3 Å². The van der Waals surface area contributed by atoms with Gasteiger partial charge in [0.1, 0.15) is 11.7 Å². The zero-order chi connectivity index (χ0) is 14.0. The van der Waals surface area contributed by atoms with Crippen LogP contribution in [0.15, 0.2) is 10.9 Å². The van der Waals surface area contributed by atoms with Gasteiger partial charge in [0.15, 0.2) is 5.82 Å². The Morgan fingerprint density at radius 1 is 1.50 bits per heavy atom. The van der Waals surface area contributed by atoms with E-state index in [-0.39, 0.29) is 5.97 Å². The number of ether oxygens (including phenoxy) is 1. The van der Waals surface area contributed by atoms with Crippen LogP contribution in [0.5, 0.6) is 0 Å². The van der Waals surface area contributed by atoms with Crippen molar-refractivity contribution < 1.29 is 14.1 Å². The Bertz CT molecular complexity index is 586. The number of H-pyrrole nitrogens is 1. The van der Waals surface area contributed by atoms with Crippen LogP contribution in [0.4, 0.5) is 0 Å². The molecular formula is C12H15N5O3. The Labute approximate surface area is 114 Å². The Hall–Kier alpha value is -2.25. The summed E-state index contributed by atoms with van der Waals surface area (Å²) in [6.45, 7) is 2.12. The maximum atomic E-state index is 12.3. The van der Waals surface area contributed by atoms with E-state index in [0.29, 0.717) is 37.0 Å². The van der Waals surface area contributed by atoms with Gasteiger partial charge in [-0.25, -0.2) is 4.98 Å². The molecule has 1 N–H and O–H groups in total. The van der Waals surface area contributed by atoms with Crippen molar-refractivity contribution >= 4 is 5.97 Å². The summed E-state index contributed by atoms with van der Waals surface area (Å²) in [6.07, 6.45) is 4.59. The van der Waals surface area contributed by atoms with Crippen LogP contribution in [0.25, 0.3) is 11.6 Å². The van der Waals surface area contributed by atoms with Gasteiger partial charge >= 0.3 is 5.97 Å². The minimum absolute atomic E-state index is 0.287. The first kappa shape index (κ1) is 12.8. The van der Waals surface area contributed by atoms with Crippen molar-refractivity contribution in [3.05, 3.63) is 12.2 Å². The summed E-state index contributed by atoms with van der Waals surface area (Å²) in [4.78, 5) is 20.5. The summed E-state index contributed by atoms with van der Waals surface area (Å²) in [5.74, 6) is 0.732. The largest absolute Gasteiger partial charge is 0.465 e. The number of hydrogen-bond acceptors (Lipinski definition) is 7. The molecule has 0 saturated heterocycles. The normalized spacial score (nSPS) is 17.2. The van der Waals surface area contributed by atoms with Crippen molar-refractivity contribution in [3.8, 4) is 11.6 Å². The second-order valence-corrected chi connectivity index (χ2v) is 4.77. The molecule has 1 aliphatic carbocycles. The molecule has 8 heteroatoms. The van der Waals surface area contributed by atoms with E-state index in [1.54, 1.807) is 6.92 Å². The number of carbonyl (C=O) groups is 1. The standard InChI is InChI=1S/C12H15N5O3/c1-2-19-11(18)12(5-3-4-6-12)10-15-9(17-20-10)8-13-7-14-16-8/h7H,2-6H2,1H3,(H,13,14,16). The van der Waals surface area contributed by atoms with Gasteiger partial charge in [0.2, 0.25) is 11.7 Å². The molecular weight excluding hydrogens is 262 g/mol. The van der Waals surface area contributed by atoms with E-state index < -0.39 is 5.41 Å².